The Bertz CT molecular complexity index is 552. The van der Waals surface area contributed by atoms with Gasteiger partial charge >= 0.3 is 0 Å². The van der Waals surface area contributed by atoms with Gasteiger partial charge in [-0.25, -0.2) is 0 Å². The van der Waals surface area contributed by atoms with Gasteiger partial charge in [0.1, 0.15) is 0 Å². The van der Waals surface area contributed by atoms with Gasteiger partial charge in [-0.05, 0) is 25.5 Å². The normalized spacial score (nSPS) is 18.2. The van der Waals surface area contributed by atoms with Crippen molar-refractivity contribution >= 4 is 10.9 Å². The maximum Gasteiger partial charge on any atom is 0.0872 e. The lowest BCUT2D eigenvalue weighted by Crippen LogP contribution is -2.20. The Hall–Kier alpha value is -1.35. The molecule has 1 saturated carbocycles. The first-order valence-electron chi connectivity index (χ1n) is 7.38. The van der Waals surface area contributed by atoms with Crippen LogP contribution < -0.4 is 5.32 Å². The van der Waals surface area contributed by atoms with Crippen molar-refractivity contribution in [1.82, 2.24) is 15.1 Å². The lowest BCUT2D eigenvalue weighted by atomic mass is 9.95. The van der Waals surface area contributed by atoms with Crippen molar-refractivity contribution < 1.29 is 0 Å². The number of para-hydroxylation sites is 1. The second-order valence-electron chi connectivity index (χ2n) is 5.75. The number of fused-ring (bicyclic) bond motifs is 1. The van der Waals surface area contributed by atoms with E-state index in [2.05, 4.69) is 36.6 Å². The number of nitrogens with one attached hydrogen (secondary N) is 1. The van der Waals surface area contributed by atoms with Crippen molar-refractivity contribution in [1.29, 1.82) is 0 Å². The van der Waals surface area contributed by atoms with E-state index < -0.39 is 0 Å². The molecule has 1 unspecified atom stereocenters. The quantitative estimate of drug-likeness (QED) is 0.909. The predicted octanol–water partition coefficient (Wildman–Crippen LogP) is 3.41. The largest absolute Gasteiger partial charge is 0.312 e. The second-order valence-corrected chi connectivity index (χ2v) is 5.75. The highest BCUT2D eigenvalue weighted by molar-refractivity contribution is 5.82. The van der Waals surface area contributed by atoms with Crippen molar-refractivity contribution in [3.05, 3.63) is 30.0 Å². The fourth-order valence-corrected chi connectivity index (χ4v) is 3.44. The molecule has 0 radical (unpaired) electrons. The molecule has 1 fully saturated rings. The lowest BCUT2D eigenvalue weighted by Gasteiger charge is -2.18. The minimum atomic E-state index is 0.384. The van der Waals surface area contributed by atoms with Crippen LogP contribution in [-0.4, -0.2) is 16.8 Å². The van der Waals surface area contributed by atoms with E-state index in [-0.39, 0.29) is 0 Å². The Labute approximate surface area is 115 Å². The molecule has 0 aliphatic heterocycles. The molecular weight excluding hydrogens is 234 g/mol. The van der Waals surface area contributed by atoms with Crippen LogP contribution in [0.15, 0.2) is 24.3 Å². The summed E-state index contributed by atoms with van der Waals surface area (Å²) in [6.45, 7) is 0. The molecule has 102 valence electrons. The fraction of sp³-hybridized carbons (Fsp3) is 0.562. The molecule has 19 heavy (non-hydrogen) atoms. The van der Waals surface area contributed by atoms with Gasteiger partial charge in [0, 0.05) is 12.4 Å². The molecule has 1 N–H and O–H groups in total. The van der Waals surface area contributed by atoms with Gasteiger partial charge < -0.3 is 5.32 Å². The Morgan fingerprint density at radius 3 is 2.79 bits per heavy atom. The van der Waals surface area contributed by atoms with Crippen LogP contribution in [0.4, 0.5) is 0 Å². The van der Waals surface area contributed by atoms with Crippen LogP contribution in [0.25, 0.3) is 10.9 Å². The second kappa shape index (κ2) is 5.33. The Morgan fingerprint density at radius 2 is 2.05 bits per heavy atom. The zero-order chi connectivity index (χ0) is 13.2. The number of nitrogens with zero attached hydrogens (tertiary/aromatic N) is 2. The molecule has 0 amide bonds. The molecule has 3 nitrogen and oxygen atoms in total. The van der Waals surface area contributed by atoms with Crippen molar-refractivity contribution in [3.63, 3.8) is 0 Å². The van der Waals surface area contributed by atoms with Crippen molar-refractivity contribution in [2.45, 2.75) is 38.1 Å². The van der Waals surface area contributed by atoms with E-state index in [1.54, 1.807) is 0 Å². The van der Waals surface area contributed by atoms with E-state index in [9.17, 15) is 0 Å². The summed E-state index contributed by atoms with van der Waals surface area (Å²) >= 11 is 0. The molecule has 3 heteroatoms. The van der Waals surface area contributed by atoms with Gasteiger partial charge in [-0.3, -0.25) is 4.68 Å². The van der Waals surface area contributed by atoms with Crippen LogP contribution in [0.2, 0.25) is 0 Å². The first kappa shape index (κ1) is 12.7. The molecule has 0 saturated heterocycles. The Balaban J connectivity index is 1.92. The van der Waals surface area contributed by atoms with Gasteiger partial charge in [0.05, 0.1) is 17.3 Å². The van der Waals surface area contributed by atoms with Crippen LogP contribution in [0, 0.1) is 5.92 Å². The van der Waals surface area contributed by atoms with E-state index in [1.165, 1.54) is 48.7 Å². The van der Waals surface area contributed by atoms with Gasteiger partial charge in [0.2, 0.25) is 0 Å². The summed E-state index contributed by atoms with van der Waals surface area (Å²) in [7, 11) is 4.09. The average molecular weight is 257 g/mol. The predicted molar refractivity (Wildman–Crippen MR) is 79.1 cm³/mol. The highest BCUT2D eigenvalue weighted by Gasteiger charge is 2.23. The lowest BCUT2D eigenvalue weighted by molar-refractivity contribution is 0.407. The summed E-state index contributed by atoms with van der Waals surface area (Å²) in [6, 6.07) is 8.91. The van der Waals surface area contributed by atoms with Gasteiger partial charge in [-0.2, -0.15) is 5.10 Å². The number of rotatable bonds is 4. The maximum absolute atomic E-state index is 4.76. The van der Waals surface area contributed by atoms with Crippen LogP contribution >= 0.6 is 0 Å². The van der Waals surface area contributed by atoms with Crippen LogP contribution in [0.3, 0.4) is 0 Å². The highest BCUT2D eigenvalue weighted by atomic mass is 15.3. The molecule has 1 aromatic carbocycles. The molecule has 1 heterocycles. The zero-order valence-electron chi connectivity index (χ0n) is 11.9. The molecule has 1 atom stereocenters. The number of aryl methyl sites for hydroxylation is 1. The number of aromatic nitrogens is 2. The first-order valence-corrected chi connectivity index (χ1v) is 7.38. The summed E-state index contributed by atoms with van der Waals surface area (Å²) < 4.78 is 2.00. The molecule has 0 spiro atoms. The number of benzene rings is 1. The standard InChI is InChI=1S/C16H23N3/c1-17-14(11-12-7-3-4-8-12)16-13-9-5-6-10-15(13)19(2)18-16/h5-6,9-10,12,14,17H,3-4,7-8,11H2,1-2H3. The average Bonchev–Trinajstić information content (AvgIpc) is 3.05. The number of hydrogen-bond acceptors (Lipinski definition) is 2. The van der Waals surface area contributed by atoms with Gasteiger partial charge in [0.15, 0.2) is 0 Å². The molecule has 2 aromatic rings. The fourth-order valence-electron chi connectivity index (χ4n) is 3.44. The van der Waals surface area contributed by atoms with Crippen molar-refractivity contribution in [3.8, 4) is 0 Å². The van der Waals surface area contributed by atoms with Crippen molar-refractivity contribution in [2.75, 3.05) is 7.05 Å². The molecule has 1 aliphatic carbocycles. The minimum absolute atomic E-state index is 0.384. The topological polar surface area (TPSA) is 29.9 Å². The minimum Gasteiger partial charge on any atom is -0.312 e. The maximum atomic E-state index is 4.76. The van der Waals surface area contributed by atoms with E-state index in [0.717, 1.165) is 5.92 Å². The van der Waals surface area contributed by atoms with Gasteiger partial charge in [-0.1, -0.05) is 43.9 Å². The Kier molecular flexibility index (Phi) is 3.56. The summed E-state index contributed by atoms with van der Waals surface area (Å²) in [5.41, 5.74) is 2.44. The zero-order valence-corrected chi connectivity index (χ0v) is 11.9. The summed E-state index contributed by atoms with van der Waals surface area (Å²) in [5, 5.41) is 9.53. The third-order valence-corrected chi connectivity index (χ3v) is 4.51. The van der Waals surface area contributed by atoms with Gasteiger partial charge in [0.25, 0.3) is 0 Å². The smallest absolute Gasteiger partial charge is 0.0872 e. The SMILES string of the molecule is CNC(CC1CCCC1)c1nn(C)c2ccccc12. The monoisotopic (exact) mass is 257 g/mol. The Morgan fingerprint density at radius 1 is 1.32 bits per heavy atom. The van der Waals surface area contributed by atoms with E-state index in [1.807, 2.05) is 11.7 Å². The highest BCUT2D eigenvalue weighted by Crippen LogP contribution is 2.34. The van der Waals surface area contributed by atoms with Crippen LogP contribution in [0.5, 0.6) is 0 Å². The van der Waals surface area contributed by atoms with Gasteiger partial charge in [-0.15, -0.1) is 0 Å². The molecule has 1 aromatic heterocycles. The summed E-state index contributed by atoms with van der Waals surface area (Å²) in [6.07, 6.45) is 6.82. The summed E-state index contributed by atoms with van der Waals surface area (Å²) in [4.78, 5) is 0. The molecular formula is C16H23N3. The van der Waals surface area contributed by atoms with E-state index in [0.29, 0.717) is 6.04 Å². The van der Waals surface area contributed by atoms with Crippen molar-refractivity contribution in [2.24, 2.45) is 13.0 Å². The number of hydrogen-bond donors (Lipinski definition) is 1. The third-order valence-electron chi connectivity index (χ3n) is 4.51. The van der Waals surface area contributed by atoms with E-state index >= 15 is 0 Å². The van der Waals surface area contributed by atoms with E-state index in [4.69, 9.17) is 5.10 Å². The molecule has 3 rings (SSSR count). The van der Waals surface area contributed by atoms with Crippen LogP contribution in [-0.2, 0) is 7.05 Å². The first-order chi connectivity index (χ1) is 9.29. The molecule has 0 bridgehead atoms. The van der Waals surface area contributed by atoms with Crippen LogP contribution in [0.1, 0.15) is 43.8 Å². The third kappa shape index (κ3) is 2.39. The molecule has 1 aliphatic rings. The summed E-state index contributed by atoms with van der Waals surface area (Å²) in [5.74, 6) is 0.873.